The number of alkyl halides is 3. The maximum Gasteiger partial charge on any atom is 0.416 e. The van der Waals surface area contributed by atoms with E-state index >= 15 is 0 Å². The number of rotatable bonds is 1. The summed E-state index contributed by atoms with van der Waals surface area (Å²) in [5.74, 6) is 0.239. The second-order valence-electron chi connectivity index (χ2n) is 3.81. The largest absolute Gasteiger partial charge is 0.416 e. The van der Waals surface area contributed by atoms with Gasteiger partial charge in [-0.1, -0.05) is 12.1 Å². The highest BCUT2D eigenvalue weighted by atomic mass is 19.4. The Morgan fingerprint density at radius 3 is 2.56 bits per heavy atom. The van der Waals surface area contributed by atoms with Crippen molar-refractivity contribution >= 4 is 5.82 Å². The minimum Gasteiger partial charge on any atom is -0.382 e. The van der Waals surface area contributed by atoms with E-state index in [0.717, 1.165) is 12.1 Å². The van der Waals surface area contributed by atoms with Gasteiger partial charge in [-0.2, -0.15) is 13.2 Å². The molecular weight excluding hydrogens is 243 g/mol. The zero-order valence-electron chi connectivity index (χ0n) is 9.49. The van der Waals surface area contributed by atoms with Gasteiger partial charge in [0.05, 0.1) is 23.1 Å². The summed E-state index contributed by atoms with van der Waals surface area (Å²) in [6.45, 7) is 1.65. The number of aromatic nitrogens is 2. The number of hydrogen-bond acceptors (Lipinski definition) is 3. The number of aryl methyl sites for hydroxylation is 1. The molecule has 94 valence electrons. The molecule has 0 aliphatic heterocycles. The lowest BCUT2D eigenvalue weighted by molar-refractivity contribution is -0.137. The van der Waals surface area contributed by atoms with Gasteiger partial charge < -0.3 is 5.73 Å². The van der Waals surface area contributed by atoms with Gasteiger partial charge in [0.2, 0.25) is 0 Å². The lowest BCUT2D eigenvalue weighted by atomic mass is 10.1. The van der Waals surface area contributed by atoms with Crippen LogP contribution in [0.4, 0.5) is 19.0 Å². The van der Waals surface area contributed by atoms with Gasteiger partial charge in [0, 0.05) is 5.56 Å². The van der Waals surface area contributed by atoms with Crippen molar-refractivity contribution in [1.29, 1.82) is 0 Å². The number of nitrogen functional groups attached to an aromatic ring is 1. The van der Waals surface area contributed by atoms with Crippen LogP contribution in [0.25, 0.3) is 11.3 Å². The van der Waals surface area contributed by atoms with Crippen LogP contribution in [0.1, 0.15) is 11.3 Å². The molecule has 3 nitrogen and oxygen atoms in total. The van der Waals surface area contributed by atoms with E-state index in [9.17, 15) is 13.2 Å². The fraction of sp³-hybridized carbons (Fsp3) is 0.167. The minimum atomic E-state index is -4.37. The van der Waals surface area contributed by atoms with Crippen LogP contribution in [0.15, 0.2) is 30.5 Å². The Kier molecular flexibility index (Phi) is 2.94. The smallest absolute Gasteiger partial charge is 0.382 e. The Bertz CT molecular complexity index is 579. The molecule has 6 heteroatoms. The molecule has 0 saturated carbocycles. The van der Waals surface area contributed by atoms with Crippen LogP contribution in [0.3, 0.4) is 0 Å². The molecule has 0 spiro atoms. The molecule has 0 saturated heterocycles. The molecule has 2 N–H and O–H groups in total. The van der Waals surface area contributed by atoms with Gasteiger partial charge in [-0.05, 0) is 19.1 Å². The van der Waals surface area contributed by atoms with Crippen molar-refractivity contribution in [2.24, 2.45) is 0 Å². The maximum atomic E-state index is 12.6. The minimum absolute atomic E-state index is 0.239. The third-order valence-corrected chi connectivity index (χ3v) is 2.43. The first kappa shape index (κ1) is 12.3. The third-order valence-electron chi connectivity index (χ3n) is 2.43. The standard InChI is InChI=1S/C12H10F3N3/c1-7-11(17-6-10(16)18-7)8-3-2-4-9(5-8)12(13,14)15/h2-6H,1H3,(H2,16,18). The van der Waals surface area contributed by atoms with Crippen molar-refractivity contribution in [1.82, 2.24) is 9.97 Å². The highest BCUT2D eigenvalue weighted by molar-refractivity contribution is 5.63. The molecule has 1 aromatic carbocycles. The Morgan fingerprint density at radius 2 is 1.94 bits per heavy atom. The van der Waals surface area contributed by atoms with E-state index in [0.29, 0.717) is 17.0 Å². The van der Waals surface area contributed by atoms with E-state index in [1.54, 1.807) is 13.0 Å². The van der Waals surface area contributed by atoms with Crippen molar-refractivity contribution < 1.29 is 13.2 Å². The van der Waals surface area contributed by atoms with Crippen molar-refractivity contribution in [3.63, 3.8) is 0 Å². The number of anilines is 1. The normalized spacial score (nSPS) is 11.6. The van der Waals surface area contributed by atoms with Gasteiger partial charge in [0.25, 0.3) is 0 Å². The molecule has 1 aromatic heterocycles. The Morgan fingerprint density at radius 1 is 1.22 bits per heavy atom. The lowest BCUT2D eigenvalue weighted by Crippen LogP contribution is -2.05. The molecular formula is C12H10F3N3. The second kappa shape index (κ2) is 4.29. The molecule has 0 bridgehead atoms. The first-order valence-corrected chi connectivity index (χ1v) is 5.14. The summed E-state index contributed by atoms with van der Waals surface area (Å²) in [6.07, 6.45) is -3.05. The van der Waals surface area contributed by atoms with Crippen LogP contribution in [-0.2, 0) is 6.18 Å². The predicted molar refractivity (Wildman–Crippen MR) is 61.6 cm³/mol. The fourth-order valence-electron chi connectivity index (χ4n) is 1.63. The van der Waals surface area contributed by atoms with Crippen LogP contribution in [0, 0.1) is 6.92 Å². The zero-order valence-corrected chi connectivity index (χ0v) is 9.49. The number of halogens is 3. The summed E-state index contributed by atoms with van der Waals surface area (Å²) in [5, 5.41) is 0. The van der Waals surface area contributed by atoms with Crippen molar-refractivity contribution in [2.45, 2.75) is 13.1 Å². The predicted octanol–water partition coefficient (Wildman–Crippen LogP) is 3.05. The summed E-state index contributed by atoms with van der Waals surface area (Å²) in [6, 6.07) is 4.97. The number of nitrogens with two attached hydrogens (primary N) is 1. The molecule has 0 aliphatic carbocycles. The molecule has 18 heavy (non-hydrogen) atoms. The second-order valence-corrected chi connectivity index (χ2v) is 3.81. The highest BCUT2D eigenvalue weighted by Gasteiger charge is 2.30. The van der Waals surface area contributed by atoms with Gasteiger partial charge in [0.15, 0.2) is 0 Å². The van der Waals surface area contributed by atoms with Crippen LogP contribution >= 0.6 is 0 Å². The number of benzene rings is 1. The maximum absolute atomic E-state index is 12.6. The first-order chi connectivity index (χ1) is 8.38. The third kappa shape index (κ3) is 2.42. The number of hydrogen-bond donors (Lipinski definition) is 1. The summed E-state index contributed by atoms with van der Waals surface area (Å²) in [7, 11) is 0. The molecule has 0 atom stereocenters. The van der Waals surface area contributed by atoms with E-state index in [1.807, 2.05) is 0 Å². The topological polar surface area (TPSA) is 51.8 Å². The zero-order chi connectivity index (χ0) is 13.3. The molecule has 1 heterocycles. The first-order valence-electron chi connectivity index (χ1n) is 5.14. The van der Waals surface area contributed by atoms with E-state index in [-0.39, 0.29) is 5.82 Å². The average Bonchev–Trinajstić information content (AvgIpc) is 2.28. The monoisotopic (exact) mass is 253 g/mol. The summed E-state index contributed by atoms with van der Waals surface area (Å²) < 4.78 is 37.8. The van der Waals surface area contributed by atoms with Crippen molar-refractivity contribution in [2.75, 3.05) is 5.73 Å². The Labute approximate surface area is 101 Å². The van der Waals surface area contributed by atoms with E-state index in [4.69, 9.17) is 5.73 Å². The average molecular weight is 253 g/mol. The van der Waals surface area contributed by atoms with E-state index in [2.05, 4.69) is 9.97 Å². The summed E-state index contributed by atoms with van der Waals surface area (Å²) in [4.78, 5) is 7.99. The molecule has 2 aromatic rings. The molecule has 0 unspecified atom stereocenters. The lowest BCUT2D eigenvalue weighted by Gasteiger charge is -2.09. The van der Waals surface area contributed by atoms with Gasteiger partial charge in [-0.15, -0.1) is 0 Å². The summed E-state index contributed by atoms with van der Waals surface area (Å²) >= 11 is 0. The molecule has 0 fully saturated rings. The SMILES string of the molecule is Cc1nc(N)cnc1-c1cccc(C(F)(F)F)c1. The molecule has 0 amide bonds. The fourth-order valence-corrected chi connectivity index (χ4v) is 1.63. The Balaban J connectivity index is 2.51. The van der Waals surface area contributed by atoms with Gasteiger partial charge >= 0.3 is 6.18 Å². The molecule has 0 aliphatic rings. The van der Waals surface area contributed by atoms with Crippen LogP contribution in [0.2, 0.25) is 0 Å². The quantitative estimate of drug-likeness (QED) is 0.849. The van der Waals surface area contributed by atoms with Crippen molar-refractivity contribution in [3.05, 3.63) is 41.7 Å². The van der Waals surface area contributed by atoms with Crippen LogP contribution < -0.4 is 5.73 Å². The summed E-state index contributed by atoms with van der Waals surface area (Å²) in [5.41, 5.74) is 6.00. The van der Waals surface area contributed by atoms with Crippen LogP contribution in [-0.4, -0.2) is 9.97 Å². The number of nitrogens with zero attached hydrogens (tertiary/aromatic N) is 2. The van der Waals surface area contributed by atoms with Gasteiger partial charge in [0.1, 0.15) is 5.82 Å². The van der Waals surface area contributed by atoms with Gasteiger partial charge in [-0.3, -0.25) is 4.98 Å². The van der Waals surface area contributed by atoms with Crippen molar-refractivity contribution in [3.8, 4) is 11.3 Å². The molecule has 2 rings (SSSR count). The van der Waals surface area contributed by atoms with Gasteiger partial charge in [-0.25, -0.2) is 4.98 Å². The van der Waals surface area contributed by atoms with E-state index < -0.39 is 11.7 Å². The highest BCUT2D eigenvalue weighted by Crippen LogP contribution is 2.32. The van der Waals surface area contributed by atoms with E-state index in [1.165, 1.54) is 12.3 Å². The van der Waals surface area contributed by atoms with Crippen LogP contribution in [0.5, 0.6) is 0 Å². The molecule has 0 radical (unpaired) electrons. The Hall–Kier alpha value is -2.11.